The number of hydrogen-bond acceptors (Lipinski definition) is 0. The first-order chi connectivity index (χ1) is 13.1. The van der Waals surface area contributed by atoms with Gasteiger partial charge in [-0.15, -0.1) is 0 Å². The lowest BCUT2D eigenvalue weighted by Gasteiger charge is -2.18. The van der Waals surface area contributed by atoms with Gasteiger partial charge in [0.05, 0.1) is 37.7 Å². The zero-order chi connectivity index (χ0) is 20.7. The molecule has 0 spiro atoms. The summed E-state index contributed by atoms with van der Waals surface area (Å²) in [7, 11) is 0. The summed E-state index contributed by atoms with van der Waals surface area (Å²) < 4.78 is 0. The summed E-state index contributed by atoms with van der Waals surface area (Å²) in [6.07, 6.45) is 0. The van der Waals surface area contributed by atoms with Gasteiger partial charge in [-0.05, 0) is 111 Å². The van der Waals surface area contributed by atoms with Crippen molar-refractivity contribution < 1.29 is 0 Å². The van der Waals surface area contributed by atoms with Gasteiger partial charge in [-0.1, -0.05) is 34.8 Å². The lowest BCUT2D eigenvalue weighted by atomic mass is 9.82. The van der Waals surface area contributed by atoms with Crippen molar-refractivity contribution in [3.8, 4) is 0 Å². The third kappa shape index (κ3) is 3.92. The van der Waals surface area contributed by atoms with Crippen LogP contribution in [-0.2, 0) is 0 Å². The first-order valence-corrected chi connectivity index (χ1v) is 10.4. The van der Waals surface area contributed by atoms with Gasteiger partial charge in [0.1, 0.15) is 0 Å². The lowest BCUT2D eigenvalue weighted by molar-refractivity contribution is 1.17. The number of rotatable bonds is 3. The van der Waals surface area contributed by atoms with Crippen LogP contribution in [0.25, 0.3) is 0 Å². The molecule has 0 unspecified atom stereocenters. The van der Waals surface area contributed by atoms with E-state index in [0.29, 0.717) is 0 Å². The minimum Gasteiger partial charge on any atom is -0.0827 e. The van der Waals surface area contributed by atoms with Gasteiger partial charge < -0.3 is 0 Å². The Bertz CT molecular complexity index is 858. The second-order valence-corrected chi connectivity index (χ2v) is 8.78. The van der Waals surface area contributed by atoms with Crippen LogP contribution in [0.2, 0.25) is 15.1 Å². The minimum atomic E-state index is 0.815. The summed E-state index contributed by atoms with van der Waals surface area (Å²) in [6.45, 7) is 12.3. The Morgan fingerprint density at radius 3 is 0.786 bits per heavy atom. The van der Waals surface area contributed by atoms with E-state index in [2.05, 4.69) is 36.4 Å². The molecule has 0 atom stereocenters. The molecular formula is C25H24Cl3+. The fraction of sp³-hybridized carbons (Fsp3) is 0.240. The van der Waals surface area contributed by atoms with Crippen LogP contribution in [0.15, 0.2) is 36.4 Å². The number of aryl methyl sites for hydroxylation is 6. The normalized spacial score (nSPS) is 11.0. The molecule has 0 aromatic heterocycles. The van der Waals surface area contributed by atoms with Crippen molar-refractivity contribution in [3.63, 3.8) is 0 Å². The molecule has 28 heavy (non-hydrogen) atoms. The maximum Gasteiger partial charge on any atom is 0.0632 e. The van der Waals surface area contributed by atoms with Crippen LogP contribution in [0.4, 0.5) is 0 Å². The van der Waals surface area contributed by atoms with Crippen molar-refractivity contribution in [2.24, 2.45) is 0 Å². The zero-order valence-corrected chi connectivity index (χ0v) is 19.4. The van der Waals surface area contributed by atoms with Gasteiger partial charge in [0.15, 0.2) is 0 Å². The standard InChI is InChI=1S/C25H24Cl3/c1-13-7-19(8-14(2)23(13)26)22(20-9-15(3)24(27)16(4)10-20)21-11-17(5)25(28)18(6)12-21/h7-12H,1-6H3/q+1. The SMILES string of the molecule is Cc1cc([C+](c2cc(C)c(Cl)c(C)c2)c2cc(C)c(Cl)c(C)c2)cc(C)c1Cl. The molecule has 0 N–H and O–H groups in total. The molecule has 0 heterocycles. The van der Waals surface area contributed by atoms with Gasteiger partial charge in [0, 0.05) is 0 Å². The summed E-state index contributed by atoms with van der Waals surface area (Å²) in [4.78, 5) is 0. The van der Waals surface area contributed by atoms with E-state index in [1.54, 1.807) is 0 Å². The van der Waals surface area contributed by atoms with Crippen LogP contribution < -0.4 is 0 Å². The van der Waals surface area contributed by atoms with Gasteiger partial charge in [0.2, 0.25) is 0 Å². The Morgan fingerprint density at radius 1 is 0.429 bits per heavy atom. The zero-order valence-electron chi connectivity index (χ0n) is 17.1. The molecule has 0 aliphatic carbocycles. The highest BCUT2D eigenvalue weighted by Gasteiger charge is 2.26. The van der Waals surface area contributed by atoms with Crippen LogP contribution in [0, 0.1) is 47.5 Å². The molecule has 0 aliphatic heterocycles. The van der Waals surface area contributed by atoms with Crippen molar-refractivity contribution in [2.45, 2.75) is 41.5 Å². The first kappa shape index (κ1) is 21.1. The monoisotopic (exact) mass is 429 g/mol. The van der Waals surface area contributed by atoms with E-state index >= 15 is 0 Å². The third-order valence-electron chi connectivity index (χ3n) is 5.18. The predicted octanol–water partition coefficient (Wildman–Crippen LogP) is 8.52. The van der Waals surface area contributed by atoms with Gasteiger partial charge in [0.25, 0.3) is 0 Å². The maximum absolute atomic E-state index is 6.44. The second-order valence-electron chi connectivity index (χ2n) is 7.65. The molecule has 3 heteroatoms. The topological polar surface area (TPSA) is 0 Å². The van der Waals surface area contributed by atoms with Gasteiger partial charge in [-0.25, -0.2) is 0 Å². The highest BCUT2D eigenvalue weighted by Crippen LogP contribution is 2.38. The van der Waals surface area contributed by atoms with Gasteiger partial charge in [-0.3, -0.25) is 0 Å². The van der Waals surface area contributed by atoms with E-state index in [1.165, 1.54) is 0 Å². The van der Waals surface area contributed by atoms with E-state index in [1.807, 2.05) is 41.5 Å². The minimum absolute atomic E-state index is 0.815. The molecule has 0 radical (unpaired) electrons. The largest absolute Gasteiger partial charge is 0.0827 e. The smallest absolute Gasteiger partial charge is 0.0632 e. The number of hydrogen-bond donors (Lipinski definition) is 0. The second kappa shape index (κ2) is 8.03. The molecule has 0 bridgehead atoms. The Hall–Kier alpha value is -1.60. The van der Waals surface area contributed by atoms with Crippen LogP contribution in [-0.4, -0.2) is 0 Å². The van der Waals surface area contributed by atoms with Crippen molar-refractivity contribution >= 4 is 34.8 Å². The summed E-state index contributed by atoms with van der Waals surface area (Å²) in [5.74, 6) is 1.16. The van der Waals surface area contributed by atoms with E-state index in [-0.39, 0.29) is 0 Å². The van der Waals surface area contributed by atoms with Crippen LogP contribution in [0.1, 0.15) is 50.1 Å². The molecule has 0 saturated heterocycles. The van der Waals surface area contributed by atoms with E-state index in [9.17, 15) is 0 Å². The molecule has 0 fully saturated rings. The molecule has 3 aromatic rings. The van der Waals surface area contributed by atoms with E-state index in [0.717, 1.165) is 71.1 Å². The fourth-order valence-electron chi connectivity index (χ4n) is 3.77. The van der Waals surface area contributed by atoms with Crippen molar-refractivity contribution in [1.82, 2.24) is 0 Å². The van der Waals surface area contributed by atoms with Crippen molar-refractivity contribution in [2.75, 3.05) is 0 Å². The molecule has 0 amide bonds. The Labute approximate surface area is 183 Å². The van der Waals surface area contributed by atoms with Crippen LogP contribution in [0.3, 0.4) is 0 Å². The average Bonchev–Trinajstić information content (AvgIpc) is 2.62. The average molecular weight is 431 g/mol. The van der Waals surface area contributed by atoms with E-state index < -0.39 is 0 Å². The van der Waals surface area contributed by atoms with Gasteiger partial charge in [-0.2, -0.15) is 0 Å². The quantitative estimate of drug-likeness (QED) is 0.288. The Kier molecular flexibility index (Phi) is 6.05. The highest BCUT2D eigenvalue weighted by molar-refractivity contribution is 6.32. The number of benzene rings is 3. The third-order valence-corrected chi connectivity index (χ3v) is 6.96. The van der Waals surface area contributed by atoms with Crippen molar-refractivity contribution in [1.29, 1.82) is 0 Å². The first-order valence-electron chi connectivity index (χ1n) is 9.28. The lowest BCUT2D eigenvalue weighted by Crippen LogP contribution is -2.08. The molecule has 0 aliphatic rings. The summed E-state index contributed by atoms with van der Waals surface area (Å²) >= 11 is 19.3. The molecular weight excluding hydrogens is 407 g/mol. The molecule has 144 valence electrons. The molecule has 0 nitrogen and oxygen atoms in total. The Balaban J connectivity index is 2.32. The fourth-order valence-corrected chi connectivity index (χ4v) is 4.10. The maximum atomic E-state index is 6.44. The van der Waals surface area contributed by atoms with Crippen LogP contribution >= 0.6 is 34.8 Å². The van der Waals surface area contributed by atoms with E-state index in [4.69, 9.17) is 34.8 Å². The summed E-state index contributed by atoms with van der Waals surface area (Å²) in [5, 5.41) is 2.44. The Morgan fingerprint density at radius 2 is 0.607 bits per heavy atom. The summed E-state index contributed by atoms with van der Waals surface area (Å²) in [6, 6.07) is 12.9. The molecule has 3 aromatic carbocycles. The summed E-state index contributed by atoms with van der Waals surface area (Å²) in [5.41, 5.74) is 9.83. The van der Waals surface area contributed by atoms with Crippen LogP contribution in [0.5, 0.6) is 0 Å². The van der Waals surface area contributed by atoms with Crippen molar-refractivity contribution in [3.05, 3.63) is 107 Å². The number of halogens is 3. The molecule has 3 rings (SSSR count). The van der Waals surface area contributed by atoms with Gasteiger partial charge >= 0.3 is 0 Å². The predicted molar refractivity (Wildman–Crippen MR) is 123 cm³/mol. The highest BCUT2D eigenvalue weighted by atomic mass is 35.5. The molecule has 0 saturated carbocycles.